The first-order chi connectivity index (χ1) is 11.6. The van der Waals surface area contributed by atoms with Gasteiger partial charge in [0.2, 0.25) is 5.66 Å². The van der Waals surface area contributed by atoms with Crippen LogP contribution in [0.2, 0.25) is 0 Å². The molecule has 4 rings (SSSR count). The van der Waals surface area contributed by atoms with Crippen molar-refractivity contribution in [2.45, 2.75) is 37.9 Å². The summed E-state index contributed by atoms with van der Waals surface area (Å²) in [6.07, 6.45) is 4.01. The van der Waals surface area contributed by atoms with Gasteiger partial charge in [-0.25, -0.2) is 0 Å². The molecule has 0 fully saturated rings. The highest BCUT2D eigenvalue weighted by Crippen LogP contribution is 2.39. The van der Waals surface area contributed by atoms with Crippen LogP contribution in [0.1, 0.15) is 37.0 Å². The molecule has 2 aliphatic heterocycles. The molecular weight excluding hydrogens is 298 g/mol. The van der Waals surface area contributed by atoms with Crippen LogP contribution in [0, 0.1) is 0 Å². The van der Waals surface area contributed by atoms with Crippen molar-refractivity contribution in [3.63, 3.8) is 0 Å². The number of benzene rings is 2. The molecule has 0 radical (unpaired) electrons. The number of nitrogens with zero attached hydrogens (tertiary/aromatic N) is 3. The zero-order valence-corrected chi connectivity index (χ0v) is 14.1. The van der Waals surface area contributed by atoms with Crippen LogP contribution in [0.25, 0.3) is 0 Å². The van der Waals surface area contributed by atoms with Crippen molar-refractivity contribution in [2.75, 3.05) is 6.61 Å². The van der Waals surface area contributed by atoms with Crippen molar-refractivity contribution in [2.24, 2.45) is 15.2 Å². The third kappa shape index (κ3) is 3.09. The molecule has 4 heteroatoms. The largest absolute Gasteiger partial charge is 0.494 e. The predicted molar refractivity (Wildman–Crippen MR) is 94.8 cm³/mol. The van der Waals surface area contributed by atoms with Gasteiger partial charge in [0, 0.05) is 11.8 Å². The fourth-order valence-electron chi connectivity index (χ4n) is 2.78. The molecule has 0 saturated carbocycles. The van der Waals surface area contributed by atoms with Gasteiger partial charge < -0.3 is 4.74 Å². The van der Waals surface area contributed by atoms with Crippen LogP contribution in [0.15, 0.2) is 63.8 Å². The molecule has 2 heterocycles. The van der Waals surface area contributed by atoms with E-state index in [4.69, 9.17) is 4.74 Å². The molecule has 122 valence electrons. The molecule has 4 nitrogen and oxygen atoms in total. The molecule has 0 amide bonds. The zero-order valence-electron chi connectivity index (χ0n) is 14.1. The molecule has 2 aliphatic rings. The Morgan fingerprint density at radius 1 is 0.875 bits per heavy atom. The lowest BCUT2D eigenvalue weighted by Gasteiger charge is -2.10. The lowest BCUT2D eigenvalue weighted by molar-refractivity contribution is 0.311. The van der Waals surface area contributed by atoms with Crippen molar-refractivity contribution in [1.82, 2.24) is 0 Å². The van der Waals surface area contributed by atoms with Crippen LogP contribution in [-0.2, 0) is 17.6 Å². The smallest absolute Gasteiger partial charge is 0.213 e. The summed E-state index contributed by atoms with van der Waals surface area (Å²) in [4.78, 5) is 4.31. The first kappa shape index (κ1) is 15.1. The summed E-state index contributed by atoms with van der Waals surface area (Å²) in [6.45, 7) is 4.85. The first-order valence-electron chi connectivity index (χ1n) is 8.41. The number of aryl methyl sites for hydroxylation is 1. The van der Waals surface area contributed by atoms with Crippen molar-refractivity contribution in [3.05, 3.63) is 65.2 Å². The maximum atomic E-state index is 5.82. The summed E-state index contributed by atoms with van der Waals surface area (Å²) in [6, 6.07) is 16.8. The molecule has 0 saturated heterocycles. The summed E-state index contributed by atoms with van der Waals surface area (Å²) in [5.41, 5.74) is 3.37. The topological polar surface area (TPSA) is 46.3 Å². The molecule has 2 aromatic carbocycles. The average molecular weight is 319 g/mol. The predicted octanol–water partition coefficient (Wildman–Crippen LogP) is 4.64. The van der Waals surface area contributed by atoms with E-state index in [0.29, 0.717) is 6.61 Å². The van der Waals surface area contributed by atoms with E-state index in [1.54, 1.807) is 0 Å². The number of rotatable bonds is 7. The van der Waals surface area contributed by atoms with E-state index in [0.717, 1.165) is 24.2 Å². The van der Waals surface area contributed by atoms with E-state index in [9.17, 15) is 0 Å². The maximum absolute atomic E-state index is 5.82. The minimum atomic E-state index is -0.312. The van der Waals surface area contributed by atoms with Gasteiger partial charge in [0.1, 0.15) is 11.3 Å². The summed E-state index contributed by atoms with van der Waals surface area (Å²) >= 11 is 0. The number of ether oxygens (including phenoxy) is 1. The van der Waals surface area contributed by atoms with E-state index in [1.807, 2.05) is 37.4 Å². The summed E-state index contributed by atoms with van der Waals surface area (Å²) in [5, 5.41) is 8.09. The molecule has 24 heavy (non-hydrogen) atoms. The standard InChI is InChI=1S/C20H21N3O/c1-19(14-21-19)16-7-5-15(6-8-16)4-3-13-24-18-11-9-17(10-12-18)20(2)22-23-20/h5-12,14H,3-4,13H2,1-2H3. The normalized spacial score (nSPS) is 22.4. The zero-order chi connectivity index (χ0) is 16.6. The lowest BCUT2D eigenvalue weighted by Crippen LogP contribution is -2.05. The van der Waals surface area contributed by atoms with E-state index in [2.05, 4.69) is 46.4 Å². The molecule has 1 unspecified atom stereocenters. The highest BCUT2D eigenvalue weighted by molar-refractivity contribution is 5.85. The number of aliphatic imine (C=N–C) groups is 1. The Hall–Kier alpha value is -2.49. The van der Waals surface area contributed by atoms with E-state index in [-0.39, 0.29) is 11.2 Å². The second-order valence-corrected chi connectivity index (χ2v) is 6.80. The molecular formula is C20H21N3O. The SMILES string of the molecule is CC1(c2ccc(CCCOc3ccc(C4(C)N=N4)cc3)cc2)C=N1. The lowest BCUT2D eigenvalue weighted by atomic mass is 9.98. The minimum Gasteiger partial charge on any atom is -0.494 e. The van der Waals surface area contributed by atoms with Crippen molar-refractivity contribution >= 4 is 6.21 Å². The van der Waals surface area contributed by atoms with Crippen LogP contribution in [0.4, 0.5) is 0 Å². The number of hydrogen-bond acceptors (Lipinski definition) is 4. The second-order valence-electron chi connectivity index (χ2n) is 6.80. The Morgan fingerprint density at radius 3 is 2.08 bits per heavy atom. The summed E-state index contributed by atoms with van der Waals surface area (Å²) < 4.78 is 5.82. The van der Waals surface area contributed by atoms with Crippen LogP contribution < -0.4 is 4.74 Å². The van der Waals surface area contributed by atoms with Crippen LogP contribution in [0.3, 0.4) is 0 Å². The van der Waals surface area contributed by atoms with Gasteiger partial charge in [-0.15, -0.1) is 0 Å². The Labute approximate surface area is 142 Å². The Balaban J connectivity index is 1.23. The van der Waals surface area contributed by atoms with E-state index in [1.165, 1.54) is 11.1 Å². The van der Waals surface area contributed by atoms with Crippen molar-refractivity contribution < 1.29 is 4.74 Å². The van der Waals surface area contributed by atoms with Gasteiger partial charge in [0.05, 0.1) is 6.61 Å². The van der Waals surface area contributed by atoms with Gasteiger partial charge in [0.15, 0.2) is 0 Å². The Morgan fingerprint density at radius 2 is 1.50 bits per heavy atom. The highest BCUT2D eigenvalue weighted by Gasteiger charge is 2.35. The third-order valence-electron chi connectivity index (χ3n) is 4.73. The van der Waals surface area contributed by atoms with Gasteiger partial charge in [-0.1, -0.05) is 36.4 Å². The molecule has 0 bridgehead atoms. The van der Waals surface area contributed by atoms with E-state index >= 15 is 0 Å². The fourth-order valence-corrected chi connectivity index (χ4v) is 2.78. The first-order valence-corrected chi connectivity index (χ1v) is 8.41. The quantitative estimate of drug-likeness (QED) is 0.686. The monoisotopic (exact) mass is 319 g/mol. The van der Waals surface area contributed by atoms with Gasteiger partial charge in [-0.3, -0.25) is 4.99 Å². The van der Waals surface area contributed by atoms with Crippen molar-refractivity contribution in [3.8, 4) is 5.75 Å². The summed E-state index contributed by atoms with van der Waals surface area (Å²) in [7, 11) is 0. The summed E-state index contributed by atoms with van der Waals surface area (Å²) in [5.74, 6) is 0.900. The van der Waals surface area contributed by atoms with Crippen LogP contribution in [-0.4, -0.2) is 12.8 Å². The molecule has 0 aromatic heterocycles. The highest BCUT2D eigenvalue weighted by atomic mass is 16.5. The Bertz CT molecular complexity index is 709. The minimum absolute atomic E-state index is 0.0358. The average Bonchev–Trinajstić information content (AvgIpc) is 3.53. The fraction of sp³-hybridized carbons (Fsp3) is 0.350. The van der Waals surface area contributed by atoms with Crippen molar-refractivity contribution in [1.29, 1.82) is 0 Å². The molecule has 1 atom stereocenters. The van der Waals surface area contributed by atoms with E-state index < -0.39 is 0 Å². The van der Waals surface area contributed by atoms with Gasteiger partial charge in [-0.2, -0.15) is 10.2 Å². The molecule has 2 aromatic rings. The van der Waals surface area contributed by atoms with Crippen LogP contribution >= 0.6 is 0 Å². The molecule has 0 aliphatic carbocycles. The molecule has 0 spiro atoms. The van der Waals surface area contributed by atoms with Crippen LogP contribution in [0.5, 0.6) is 5.75 Å². The third-order valence-corrected chi connectivity index (χ3v) is 4.73. The maximum Gasteiger partial charge on any atom is 0.213 e. The molecule has 0 N–H and O–H groups in total. The van der Waals surface area contributed by atoms with Gasteiger partial charge in [-0.05, 0) is 49.9 Å². The van der Waals surface area contributed by atoms with Gasteiger partial charge >= 0.3 is 0 Å². The second kappa shape index (κ2) is 5.55. The Kier molecular flexibility index (Phi) is 3.48. The van der Waals surface area contributed by atoms with Gasteiger partial charge in [0.25, 0.3) is 0 Å². The number of hydrogen-bond donors (Lipinski definition) is 0.